The predicted molar refractivity (Wildman–Crippen MR) is 35.1 cm³/mol. The Kier molecular flexibility index (Phi) is 3.73. The van der Waals surface area contributed by atoms with Gasteiger partial charge in [0.15, 0.2) is 4.32 Å². The second kappa shape index (κ2) is 3.80. The Hall–Kier alpha value is -0.150. The number of thiocarbonyl (C=S) groups is 1. The summed E-state index contributed by atoms with van der Waals surface area (Å²) < 4.78 is 4.15. The molecule has 0 bridgehead atoms. The Labute approximate surface area is 57.8 Å². The van der Waals surface area contributed by atoms with Crippen LogP contribution in [0.4, 0.5) is 0 Å². The lowest BCUT2D eigenvalue weighted by molar-refractivity contribution is -0.134. The van der Waals surface area contributed by atoms with E-state index in [-0.39, 0.29) is 4.32 Å². The molecule has 0 N–H and O–H groups in total. The van der Waals surface area contributed by atoms with Gasteiger partial charge >= 0.3 is 5.97 Å². The van der Waals surface area contributed by atoms with Crippen LogP contribution in [-0.2, 0) is 9.53 Å². The Balaban J connectivity index is 3.49. The van der Waals surface area contributed by atoms with E-state index in [0.717, 1.165) is 0 Å². The van der Waals surface area contributed by atoms with Crippen LogP contribution in [0.1, 0.15) is 6.92 Å². The zero-order valence-corrected chi connectivity index (χ0v) is 5.88. The number of hydrogen-bond acceptors (Lipinski definition) is 3. The predicted octanol–water partition coefficient (Wildman–Crippen LogP) is 1.12. The number of carbonyl (C=O) groups excluding carboxylic acids is 1. The molecule has 2 nitrogen and oxygen atoms in total. The fourth-order valence-electron chi connectivity index (χ4n) is 0.188. The van der Waals surface area contributed by atoms with Gasteiger partial charge in [-0.25, -0.2) is 4.79 Å². The first-order valence-electron chi connectivity index (χ1n) is 2.05. The molecule has 0 radical (unpaired) electrons. The van der Waals surface area contributed by atoms with Crippen LogP contribution in [0.2, 0.25) is 0 Å². The van der Waals surface area contributed by atoms with E-state index in [1.165, 1.54) is 0 Å². The maximum Gasteiger partial charge on any atom is 0.360 e. The normalized spacial score (nSPS) is 8.25. The molecule has 0 aliphatic rings. The second-order valence-corrected chi connectivity index (χ2v) is 2.00. The minimum Gasteiger partial charge on any atom is -0.461 e. The minimum atomic E-state index is -0.621. The van der Waals surface area contributed by atoms with Crippen molar-refractivity contribution in [3.05, 3.63) is 0 Å². The van der Waals surface area contributed by atoms with Crippen LogP contribution < -0.4 is 0 Å². The summed E-state index contributed by atoms with van der Waals surface area (Å²) in [6.45, 7) is 2.00. The monoisotopic (exact) mass is 152 g/mol. The van der Waals surface area contributed by atoms with Crippen LogP contribution in [0.15, 0.2) is 0 Å². The van der Waals surface area contributed by atoms with Crippen molar-refractivity contribution in [2.24, 2.45) is 0 Å². The first kappa shape index (κ1) is 7.85. The van der Waals surface area contributed by atoms with E-state index in [1.54, 1.807) is 6.92 Å². The van der Waals surface area contributed by atoms with Crippen LogP contribution in [0.5, 0.6) is 0 Å². The van der Waals surface area contributed by atoms with Crippen molar-refractivity contribution in [2.75, 3.05) is 6.61 Å². The standard InChI is InChI=1S/C4H5ClO2S/c1-2-7-4(6)3(5)8/h2H2,1H3. The topological polar surface area (TPSA) is 26.3 Å². The van der Waals surface area contributed by atoms with E-state index in [9.17, 15) is 4.79 Å². The second-order valence-electron chi connectivity index (χ2n) is 0.994. The van der Waals surface area contributed by atoms with Crippen LogP contribution in [-0.4, -0.2) is 16.9 Å². The summed E-state index contributed by atoms with van der Waals surface area (Å²) >= 11 is 9.34. The van der Waals surface area contributed by atoms with Crippen molar-refractivity contribution in [3.63, 3.8) is 0 Å². The van der Waals surface area contributed by atoms with Gasteiger partial charge < -0.3 is 4.74 Å². The molecule has 0 atom stereocenters. The molecule has 4 heteroatoms. The summed E-state index contributed by atoms with van der Waals surface area (Å²) in [6, 6.07) is 0. The van der Waals surface area contributed by atoms with Gasteiger partial charge in [-0.2, -0.15) is 0 Å². The number of carbonyl (C=O) groups is 1. The first-order valence-corrected chi connectivity index (χ1v) is 2.83. The average molecular weight is 153 g/mol. The van der Waals surface area contributed by atoms with Crippen molar-refractivity contribution < 1.29 is 9.53 Å². The van der Waals surface area contributed by atoms with Gasteiger partial charge in [0.05, 0.1) is 6.61 Å². The third kappa shape index (κ3) is 2.93. The van der Waals surface area contributed by atoms with E-state index < -0.39 is 5.97 Å². The summed E-state index contributed by atoms with van der Waals surface area (Å²) in [5.74, 6) is -0.621. The highest BCUT2D eigenvalue weighted by Gasteiger charge is 2.03. The molecule has 0 rings (SSSR count). The van der Waals surface area contributed by atoms with E-state index in [2.05, 4.69) is 17.0 Å². The molecule has 0 spiro atoms. The number of rotatable bonds is 2. The van der Waals surface area contributed by atoms with Crippen molar-refractivity contribution in [1.29, 1.82) is 0 Å². The van der Waals surface area contributed by atoms with Gasteiger partial charge in [0.2, 0.25) is 0 Å². The molecule has 0 unspecified atom stereocenters. The van der Waals surface area contributed by atoms with E-state index in [0.29, 0.717) is 6.61 Å². The zero-order chi connectivity index (χ0) is 6.57. The van der Waals surface area contributed by atoms with Crippen LogP contribution in [0, 0.1) is 0 Å². The molecule has 0 fully saturated rings. The van der Waals surface area contributed by atoms with Gasteiger partial charge in [-0.05, 0) is 6.92 Å². The average Bonchev–Trinajstić information content (AvgIpc) is 1.67. The lowest BCUT2D eigenvalue weighted by atomic mass is 10.8. The van der Waals surface area contributed by atoms with E-state index in [1.807, 2.05) is 0 Å². The highest BCUT2D eigenvalue weighted by Crippen LogP contribution is 1.88. The fraction of sp³-hybridized carbons (Fsp3) is 0.500. The molecule has 8 heavy (non-hydrogen) atoms. The summed E-state index contributed by atoms with van der Waals surface area (Å²) in [6.07, 6.45) is 0. The Morgan fingerprint density at radius 1 is 1.88 bits per heavy atom. The molecule has 0 heterocycles. The van der Waals surface area contributed by atoms with E-state index in [4.69, 9.17) is 11.6 Å². The molecule has 0 saturated carbocycles. The number of esters is 1. The lowest BCUT2D eigenvalue weighted by Crippen LogP contribution is -2.08. The van der Waals surface area contributed by atoms with Crippen LogP contribution >= 0.6 is 23.8 Å². The van der Waals surface area contributed by atoms with Gasteiger partial charge in [-0.3, -0.25) is 0 Å². The number of hydrogen-bond donors (Lipinski definition) is 0. The van der Waals surface area contributed by atoms with Gasteiger partial charge in [0.1, 0.15) is 0 Å². The molecular formula is C4H5ClO2S. The molecule has 0 aromatic carbocycles. The fourth-order valence-corrected chi connectivity index (χ4v) is 0.301. The minimum absolute atomic E-state index is 0.244. The van der Waals surface area contributed by atoms with Gasteiger partial charge in [0.25, 0.3) is 0 Å². The summed E-state index contributed by atoms with van der Waals surface area (Å²) in [4.78, 5) is 10.2. The van der Waals surface area contributed by atoms with Gasteiger partial charge in [-0.15, -0.1) is 0 Å². The zero-order valence-electron chi connectivity index (χ0n) is 4.31. The van der Waals surface area contributed by atoms with Gasteiger partial charge in [0, 0.05) is 0 Å². The third-order valence-corrected chi connectivity index (χ3v) is 0.757. The maximum atomic E-state index is 10.2. The smallest absolute Gasteiger partial charge is 0.360 e. The Bertz CT molecular complexity index is 113. The molecule has 0 aromatic heterocycles. The molecule has 0 amide bonds. The van der Waals surface area contributed by atoms with Crippen LogP contribution in [0.25, 0.3) is 0 Å². The van der Waals surface area contributed by atoms with Crippen molar-refractivity contribution in [1.82, 2.24) is 0 Å². The van der Waals surface area contributed by atoms with Crippen molar-refractivity contribution in [3.8, 4) is 0 Å². The number of halogens is 1. The molecular weight excluding hydrogens is 148 g/mol. The third-order valence-electron chi connectivity index (χ3n) is 0.436. The Morgan fingerprint density at radius 2 is 2.38 bits per heavy atom. The molecule has 0 aromatic rings. The highest BCUT2D eigenvalue weighted by molar-refractivity contribution is 7.85. The van der Waals surface area contributed by atoms with Crippen molar-refractivity contribution in [2.45, 2.75) is 6.92 Å². The molecule has 46 valence electrons. The largest absolute Gasteiger partial charge is 0.461 e. The molecule has 0 aliphatic heterocycles. The molecule has 0 saturated heterocycles. The van der Waals surface area contributed by atoms with Gasteiger partial charge in [-0.1, -0.05) is 23.8 Å². The SMILES string of the molecule is CCOC(=O)C(=S)Cl. The molecule has 0 aliphatic carbocycles. The van der Waals surface area contributed by atoms with Crippen molar-refractivity contribution >= 4 is 34.1 Å². The summed E-state index contributed by atoms with van der Waals surface area (Å²) in [5, 5.41) is 0. The summed E-state index contributed by atoms with van der Waals surface area (Å²) in [5.41, 5.74) is 0. The Morgan fingerprint density at radius 3 is 2.50 bits per heavy atom. The highest BCUT2D eigenvalue weighted by atomic mass is 35.5. The maximum absolute atomic E-state index is 10.2. The first-order chi connectivity index (χ1) is 3.68. The van der Waals surface area contributed by atoms with Crippen LogP contribution in [0.3, 0.4) is 0 Å². The lowest BCUT2D eigenvalue weighted by Gasteiger charge is -1.93. The quantitative estimate of drug-likeness (QED) is 0.337. The number of ether oxygens (including phenoxy) is 1. The van der Waals surface area contributed by atoms with E-state index >= 15 is 0 Å². The summed E-state index contributed by atoms with van der Waals surface area (Å²) in [7, 11) is 0.